The van der Waals surface area contributed by atoms with Gasteiger partial charge in [-0.1, -0.05) is 74.5 Å². The van der Waals surface area contributed by atoms with Crippen LogP contribution >= 0.6 is 12.6 Å². The molecule has 11 N–H and O–H groups in total. The third-order valence-electron chi connectivity index (χ3n) is 10.6. The molecule has 0 fully saturated rings. The van der Waals surface area contributed by atoms with Crippen LogP contribution < -0.4 is 38.1 Å². The van der Waals surface area contributed by atoms with Gasteiger partial charge in [0.15, 0.2) is 5.78 Å². The minimum atomic E-state index is -1.17. The van der Waals surface area contributed by atoms with Gasteiger partial charge in [-0.3, -0.25) is 28.8 Å². The molecule has 5 atom stereocenters. The van der Waals surface area contributed by atoms with Crippen LogP contribution in [0.25, 0.3) is 21.7 Å². The average Bonchev–Trinajstić information content (AvgIpc) is 3.66. The number of carbonyl (C=O) groups excluding carboxylic acids is 6. The number of aromatic hydroxyl groups is 1. The highest BCUT2D eigenvalue weighted by Gasteiger charge is 2.34. The molecule has 1 aromatic heterocycles. The number of unbranched alkanes of at least 4 members (excludes halogenated alkanes) is 1. The van der Waals surface area contributed by atoms with Gasteiger partial charge in [0.25, 0.3) is 0 Å². The highest BCUT2D eigenvalue weighted by molar-refractivity contribution is 7.80. The number of aromatic nitrogens is 1. The van der Waals surface area contributed by atoms with Gasteiger partial charge in [0.05, 0.1) is 17.3 Å². The van der Waals surface area contributed by atoms with Crippen molar-refractivity contribution in [3.8, 4) is 5.75 Å². The average molecular weight is 865 g/mol. The molecule has 0 spiro atoms. The summed E-state index contributed by atoms with van der Waals surface area (Å²) in [5.41, 5.74) is 14.9. The van der Waals surface area contributed by atoms with Crippen molar-refractivity contribution in [2.75, 3.05) is 17.6 Å². The van der Waals surface area contributed by atoms with E-state index in [1.807, 2.05) is 36.4 Å². The van der Waals surface area contributed by atoms with Crippen LogP contribution in [-0.4, -0.2) is 87.9 Å². The Bertz CT molecular complexity index is 2380. The topological polar surface area (TPSA) is 251 Å². The van der Waals surface area contributed by atoms with Gasteiger partial charge in [0.1, 0.15) is 29.9 Å². The van der Waals surface area contributed by atoms with Gasteiger partial charge < -0.3 is 48.1 Å². The number of hydrogen-bond acceptors (Lipinski definition) is 10. The van der Waals surface area contributed by atoms with E-state index in [4.69, 9.17) is 11.5 Å². The third-order valence-corrected chi connectivity index (χ3v) is 11.0. The van der Waals surface area contributed by atoms with Gasteiger partial charge in [-0.05, 0) is 84.3 Å². The molecule has 5 rings (SSSR count). The number of thiol groups is 1. The molecule has 1 heterocycles. The Kier molecular flexibility index (Phi) is 16.6. The number of H-pyrrole nitrogens is 1. The van der Waals surface area contributed by atoms with E-state index in [1.54, 1.807) is 56.4 Å². The van der Waals surface area contributed by atoms with Crippen LogP contribution in [0.1, 0.15) is 61.5 Å². The largest absolute Gasteiger partial charge is 0.508 e. The van der Waals surface area contributed by atoms with Gasteiger partial charge in [0, 0.05) is 36.2 Å². The Morgan fingerprint density at radius 3 is 2.05 bits per heavy atom. The summed E-state index contributed by atoms with van der Waals surface area (Å²) in [4.78, 5) is 85.5. The SMILES string of the molecule is CC(=O)Nc1ccc2ccccc2c1C(=O)C(CS)NC(=O)C(NC(=O)C(CCCCN)NC(=O)[C@@H](Cc1c[nH]c2ccccc12)NC(=O)C(N)Cc1ccc(O)cc1)C(C)C. The van der Waals surface area contributed by atoms with Crippen LogP contribution in [0.4, 0.5) is 5.69 Å². The zero-order valence-electron chi connectivity index (χ0n) is 35.1. The lowest BCUT2D eigenvalue weighted by Crippen LogP contribution is -2.60. The molecule has 0 aliphatic carbocycles. The van der Waals surface area contributed by atoms with E-state index in [2.05, 4.69) is 44.2 Å². The molecular formula is C46H56N8O7S. The molecule has 16 heteroatoms. The van der Waals surface area contributed by atoms with E-state index >= 15 is 0 Å². The maximum Gasteiger partial charge on any atom is 0.243 e. The molecular weight excluding hydrogens is 809 g/mol. The molecule has 0 aliphatic heterocycles. The first-order valence-electron chi connectivity index (χ1n) is 20.6. The van der Waals surface area contributed by atoms with E-state index in [1.165, 1.54) is 19.1 Å². The fraction of sp³-hybridized carbons (Fsp3) is 0.348. The number of aromatic amines is 1. The first kappa shape index (κ1) is 46.8. The number of ketones is 1. The minimum absolute atomic E-state index is 0.0567. The van der Waals surface area contributed by atoms with Crippen LogP contribution in [0.3, 0.4) is 0 Å². The lowest BCUT2D eigenvalue weighted by Gasteiger charge is -2.28. The van der Waals surface area contributed by atoms with Crippen molar-refractivity contribution in [1.29, 1.82) is 0 Å². The molecule has 15 nitrogen and oxygen atoms in total. The molecule has 328 valence electrons. The molecule has 0 radical (unpaired) electrons. The van der Waals surface area contributed by atoms with Crippen molar-refractivity contribution in [3.63, 3.8) is 0 Å². The summed E-state index contributed by atoms with van der Waals surface area (Å²) in [6.45, 7) is 5.15. The second kappa shape index (κ2) is 22.0. The second-order valence-corrected chi connectivity index (χ2v) is 16.0. The van der Waals surface area contributed by atoms with E-state index < -0.39 is 65.5 Å². The number of para-hydroxylation sites is 1. The Labute approximate surface area is 365 Å². The highest BCUT2D eigenvalue weighted by atomic mass is 32.1. The molecule has 0 saturated heterocycles. The number of anilines is 1. The Morgan fingerprint density at radius 1 is 0.726 bits per heavy atom. The highest BCUT2D eigenvalue weighted by Crippen LogP contribution is 2.28. The number of amides is 5. The second-order valence-electron chi connectivity index (χ2n) is 15.7. The maximum absolute atomic E-state index is 14.3. The Balaban J connectivity index is 1.36. The Hall–Kier alpha value is -6.23. The minimum Gasteiger partial charge on any atom is -0.508 e. The number of fused-ring (bicyclic) bond motifs is 2. The van der Waals surface area contributed by atoms with Crippen LogP contribution in [0.15, 0.2) is 91.1 Å². The molecule has 0 bridgehead atoms. The number of nitrogens with two attached hydrogens (primary N) is 2. The van der Waals surface area contributed by atoms with Gasteiger partial charge in [-0.2, -0.15) is 12.6 Å². The third kappa shape index (κ3) is 12.2. The molecule has 5 amide bonds. The lowest BCUT2D eigenvalue weighted by atomic mass is 9.95. The first-order valence-corrected chi connectivity index (χ1v) is 21.3. The zero-order valence-corrected chi connectivity index (χ0v) is 36.0. The van der Waals surface area contributed by atoms with Crippen molar-refractivity contribution in [2.45, 2.75) is 83.1 Å². The van der Waals surface area contributed by atoms with Crippen molar-refractivity contribution >= 4 is 75.3 Å². The molecule has 4 unspecified atom stereocenters. The molecule has 0 saturated carbocycles. The van der Waals surface area contributed by atoms with E-state index in [0.29, 0.717) is 30.3 Å². The normalized spacial score (nSPS) is 13.7. The number of phenols is 1. The fourth-order valence-electron chi connectivity index (χ4n) is 7.27. The van der Waals surface area contributed by atoms with Crippen LogP contribution in [0.5, 0.6) is 5.75 Å². The number of hydrogen-bond donors (Lipinski definition) is 10. The molecule has 5 aromatic rings. The smallest absolute Gasteiger partial charge is 0.243 e. The fourth-order valence-corrected chi connectivity index (χ4v) is 7.53. The van der Waals surface area contributed by atoms with Crippen molar-refractivity contribution in [1.82, 2.24) is 26.3 Å². The van der Waals surface area contributed by atoms with Gasteiger partial charge in [0.2, 0.25) is 29.5 Å². The van der Waals surface area contributed by atoms with Gasteiger partial charge in [-0.25, -0.2) is 0 Å². The number of Topliss-reactive ketones (excluding diaryl/α,β-unsaturated/α-hetero) is 1. The monoisotopic (exact) mass is 864 g/mol. The Morgan fingerprint density at radius 2 is 1.37 bits per heavy atom. The van der Waals surface area contributed by atoms with Crippen molar-refractivity contribution in [2.24, 2.45) is 17.4 Å². The number of benzene rings is 4. The summed E-state index contributed by atoms with van der Waals surface area (Å²) >= 11 is 4.40. The summed E-state index contributed by atoms with van der Waals surface area (Å²) < 4.78 is 0. The van der Waals surface area contributed by atoms with Gasteiger partial charge in [-0.15, -0.1) is 0 Å². The number of phenolic OH excluding ortho intramolecular Hbond substituents is 1. The standard InChI is InChI=1S/C46H56N8O7S/c1-26(2)41(46(61)53-39(25-62)42(57)40-33-12-5-4-10-29(33)17-20-36(40)50-27(3)55)54-44(59)37(14-8-9-21-47)51-45(60)38(23-30-24-49-35-13-7-6-11-32(30)35)52-43(58)34(48)22-28-15-18-31(56)19-16-28/h4-7,10-13,15-20,24,26,34,37-39,41,49,56,62H,8-9,14,21-23,25,47-48H2,1-3H3,(H,50,55)(H,51,60)(H,52,58)(H,53,61)(H,54,59)/t34?,37?,38-,39?,41?/m1/s1. The number of carbonyl (C=O) groups is 6. The lowest BCUT2D eigenvalue weighted by molar-refractivity contribution is -0.134. The first-order chi connectivity index (χ1) is 29.7. The zero-order chi connectivity index (χ0) is 44.9. The molecule has 4 aromatic carbocycles. The van der Waals surface area contributed by atoms with Crippen LogP contribution in [0.2, 0.25) is 0 Å². The summed E-state index contributed by atoms with van der Waals surface area (Å²) in [6, 6.07) is 18.8. The molecule has 0 aliphatic rings. The maximum atomic E-state index is 14.3. The predicted octanol–water partition coefficient (Wildman–Crippen LogP) is 3.63. The summed E-state index contributed by atoms with van der Waals surface area (Å²) in [5, 5.41) is 25.8. The van der Waals surface area contributed by atoms with E-state index in [-0.39, 0.29) is 47.9 Å². The van der Waals surface area contributed by atoms with Crippen LogP contribution in [0, 0.1) is 5.92 Å². The predicted molar refractivity (Wildman–Crippen MR) is 244 cm³/mol. The van der Waals surface area contributed by atoms with E-state index in [9.17, 15) is 33.9 Å². The van der Waals surface area contributed by atoms with Gasteiger partial charge >= 0.3 is 0 Å². The van der Waals surface area contributed by atoms with Crippen molar-refractivity contribution < 1.29 is 33.9 Å². The summed E-state index contributed by atoms with van der Waals surface area (Å²) in [6.07, 6.45) is 3.13. The molecule has 62 heavy (non-hydrogen) atoms. The number of rotatable bonds is 21. The van der Waals surface area contributed by atoms with Crippen molar-refractivity contribution in [3.05, 3.63) is 108 Å². The quantitative estimate of drug-likeness (QED) is 0.0294. The summed E-state index contributed by atoms with van der Waals surface area (Å²) in [5.74, 6) is -3.90. The van der Waals surface area contributed by atoms with E-state index in [0.717, 1.165) is 21.9 Å². The summed E-state index contributed by atoms with van der Waals surface area (Å²) in [7, 11) is 0. The number of nitrogens with one attached hydrogen (secondary N) is 6. The van der Waals surface area contributed by atoms with Crippen LogP contribution in [-0.2, 0) is 36.8 Å².